The van der Waals surface area contributed by atoms with Gasteiger partial charge in [-0.2, -0.15) is 0 Å². The molecule has 0 fully saturated rings. The van der Waals surface area contributed by atoms with Gasteiger partial charge in [-0.25, -0.2) is 0 Å². The molecule has 122 valence electrons. The van der Waals surface area contributed by atoms with Gasteiger partial charge in [0.1, 0.15) is 13.2 Å². The summed E-state index contributed by atoms with van der Waals surface area (Å²) in [6, 6.07) is 23.2. The summed E-state index contributed by atoms with van der Waals surface area (Å²) in [5.74, 6) is 0.924. The fraction of sp³-hybridized carbons (Fsp3) is 0.100. The second-order valence-electron chi connectivity index (χ2n) is 5.24. The molecule has 24 heavy (non-hydrogen) atoms. The molecule has 0 radical (unpaired) electrons. The van der Waals surface area contributed by atoms with Crippen LogP contribution in [0.1, 0.15) is 11.1 Å². The Hall–Kier alpha value is -2.16. The van der Waals surface area contributed by atoms with Gasteiger partial charge in [0.25, 0.3) is 0 Å². The highest BCUT2D eigenvalue weighted by molar-refractivity contribution is 6.35. The zero-order valence-corrected chi connectivity index (χ0v) is 14.4. The molecule has 0 aromatic heterocycles. The first-order valence-corrected chi connectivity index (χ1v) is 8.31. The molecule has 0 bridgehead atoms. The summed E-state index contributed by atoms with van der Waals surface area (Å²) in [6.07, 6.45) is 0. The lowest BCUT2D eigenvalue weighted by Gasteiger charge is -2.15. The van der Waals surface area contributed by atoms with Gasteiger partial charge in [-0.1, -0.05) is 83.9 Å². The van der Waals surface area contributed by atoms with Crippen molar-refractivity contribution in [2.45, 2.75) is 13.2 Å². The van der Waals surface area contributed by atoms with Crippen molar-refractivity contribution in [3.63, 3.8) is 0 Å². The lowest BCUT2D eigenvalue weighted by molar-refractivity contribution is 0.256. The SMILES string of the molecule is Clc1ccc(Cl)c(OCc2ccccc2)c1OCc1ccccc1. The van der Waals surface area contributed by atoms with E-state index in [-0.39, 0.29) is 0 Å². The van der Waals surface area contributed by atoms with E-state index in [2.05, 4.69) is 0 Å². The van der Waals surface area contributed by atoms with Crippen molar-refractivity contribution in [2.75, 3.05) is 0 Å². The molecular weight excluding hydrogens is 343 g/mol. The number of hydrogen-bond donors (Lipinski definition) is 0. The van der Waals surface area contributed by atoms with Crippen molar-refractivity contribution in [1.82, 2.24) is 0 Å². The van der Waals surface area contributed by atoms with Crippen LogP contribution in [0.4, 0.5) is 0 Å². The maximum Gasteiger partial charge on any atom is 0.181 e. The van der Waals surface area contributed by atoms with Crippen LogP contribution in [0.25, 0.3) is 0 Å². The normalized spacial score (nSPS) is 10.4. The molecule has 0 amide bonds. The van der Waals surface area contributed by atoms with Gasteiger partial charge in [-0.05, 0) is 23.3 Å². The Morgan fingerprint density at radius 3 is 1.29 bits per heavy atom. The standard InChI is InChI=1S/C20H16Cl2O2/c21-17-11-12-18(22)20(24-14-16-9-5-2-6-10-16)19(17)23-13-15-7-3-1-4-8-15/h1-12H,13-14H2. The smallest absolute Gasteiger partial charge is 0.181 e. The van der Waals surface area contributed by atoms with Crippen molar-refractivity contribution >= 4 is 23.2 Å². The van der Waals surface area contributed by atoms with E-state index < -0.39 is 0 Å². The third-order valence-corrected chi connectivity index (χ3v) is 4.06. The van der Waals surface area contributed by atoms with E-state index in [1.54, 1.807) is 12.1 Å². The molecule has 0 atom stereocenters. The maximum atomic E-state index is 6.29. The van der Waals surface area contributed by atoms with Crippen LogP contribution in [-0.4, -0.2) is 0 Å². The van der Waals surface area contributed by atoms with Crippen molar-refractivity contribution in [1.29, 1.82) is 0 Å². The van der Waals surface area contributed by atoms with Crippen LogP contribution in [0, 0.1) is 0 Å². The predicted molar refractivity (Wildman–Crippen MR) is 98.0 cm³/mol. The Morgan fingerprint density at radius 1 is 0.542 bits per heavy atom. The molecule has 3 rings (SSSR count). The zero-order valence-electron chi connectivity index (χ0n) is 12.9. The predicted octanol–water partition coefficient (Wildman–Crippen LogP) is 6.15. The number of hydrogen-bond acceptors (Lipinski definition) is 2. The third-order valence-electron chi connectivity index (χ3n) is 3.47. The minimum atomic E-state index is 0.391. The lowest BCUT2D eigenvalue weighted by Crippen LogP contribution is -2.01. The summed E-state index contributed by atoms with van der Waals surface area (Å²) in [5.41, 5.74) is 2.09. The van der Waals surface area contributed by atoms with Gasteiger partial charge in [0.2, 0.25) is 0 Å². The van der Waals surface area contributed by atoms with E-state index >= 15 is 0 Å². The van der Waals surface area contributed by atoms with Gasteiger partial charge in [-0.3, -0.25) is 0 Å². The van der Waals surface area contributed by atoms with E-state index in [9.17, 15) is 0 Å². The Bertz CT molecular complexity index is 721. The molecule has 0 unspecified atom stereocenters. The van der Waals surface area contributed by atoms with Crippen LogP contribution in [0.5, 0.6) is 11.5 Å². The van der Waals surface area contributed by atoms with Gasteiger partial charge < -0.3 is 9.47 Å². The molecular formula is C20H16Cl2O2. The van der Waals surface area contributed by atoms with E-state index in [1.165, 1.54) is 0 Å². The zero-order chi connectivity index (χ0) is 16.8. The fourth-order valence-corrected chi connectivity index (χ4v) is 2.65. The average Bonchev–Trinajstić information content (AvgIpc) is 2.63. The lowest BCUT2D eigenvalue weighted by atomic mass is 10.2. The summed E-state index contributed by atoms with van der Waals surface area (Å²) >= 11 is 12.6. The fourth-order valence-electron chi connectivity index (χ4n) is 2.24. The highest BCUT2D eigenvalue weighted by atomic mass is 35.5. The first-order chi connectivity index (χ1) is 11.7. The van der Waals surface area contributed by atoms with Crippen LogP contribution >= 0.6 is 23.2 Å². The molecule has 0 aliphatic carbocycles. The summed E-state index contributed by atoms with van der Waals surface area (Å²) in [4.78, 5) is 0. The van der Waals surface area contributed by atoms with E-state index in [0.29, 0.717) is 34.8 Å². The molecule has 0 aliphatic rings. The summed E-state index contributed by atoms with van der Waals surface area (Å²) in [6.45, 7) is 0.783. The Labute approximate surface area is 151 Å². The van der Waals surface area contributed by atoms with E-state index in [1.807, 2.05) is 60.7 Å². The molecule has 3 aromatic carbocycles. The average molecular weight is 359 g/mol. The molecule has 0 spiro atoms. The van der Waals surface area contributed by atoms with Crippen molar-refractivity contribution in [3.8, 4) is 11.5 Å². The molecule has 2 nitrogen and oxygen atoms in total. The molecule has 0 saturated carbocycles. The van der Waals surface area contributed by atoms with Gasteiger partial charge in [-0.15, -0.1) is 0 Å². The molecule has 3 aromatic rings. The second-order valence-corrected chi connectivity index (χ2v) is 6.05. The van der Waals surface area contributed by atoms with Crippen molar-refractivity contribution in [2.24, 2.45) is 0 Å². The summed E-state index contributed by atoms with van der Waals surface area (Å²) < 4.78 is 11.8. The van der Waals surface area contributed by atoms with E-state index in [0.717, 1.165) is 11.1 Å². The summed E-state index contributed by atoms with van der Waals surface area (Å²) in [7, 11) is 0. The second kappa shape index (κ2) is 8.09. The Balaban J connectivity index is 1.78. The molecule has 0 N–H and O–H groups in total. The molecule has 0 saturated heterocycles. The van der Waals surface area contributed by atoms with Crippen LogP contribution < -0.4 is 9.47 Å². The maximum absolute atomic E-state index is 6.29. The highest BCUT2D eigenvalue weighted by Crippen LogP contribution is 2.41. The largest absolute Gasteiger partial charge is 0.483 e. The first-order valence-electron chi connectivity index (χ1n) is 7.55. The van der Waals surface area contributed by atoms with Crippen LogP contribution in [0.2, 0.25) is 10.0 Å². The van der Waals surface area contributed by atoms with Crippen molar-refractivity contribution < 1.29 is 9.47 Å². The molecule has 0 aliphatic heterocycles. The minimum absolute atomic E-state index is 0.391. The van der Waals surface area contributed by atoms with Crippen LogP contribution in [-0.2, 0) is 13.2 Å². The van der Waals surface area contributed by atoms with Crippen molar-refractivity contribution in [3.05, 3.63) is 94.0 Å². The Morgan fingerprint density at radius 2 is 0.917 bits per heavy atom. The van der Waals surface area contributed by atoms with Crippen LogP contribution in [0.15, 0.2) is 72.8 Å². The van der Waals surface area contributed by atoms with E-state index in [4.69, 9.17) is 32.7 Å². The third kappa shape index (κ3) is 4.22. The molecule has 0 heterocycles. The van der Waals surface area contributed by atoms with Crippen LogP contribution in [0.3, 0.4) is 0 Å². The highest BCUT2D eigenvalue weighted by Gasteiger charge is 2.15. The number of benzene rings is 3. The van der Waals surface area contributed by atoms with Gasteiger partial charge in [0.05, 0.1) is 10.0 Å². The Kier molecular flexibility index (Phi) is 5.63. The van der Waals surface area contributed by atoms with Gasteiger partial charge in [0.15, 0.2) is 11.5 Å². The minimum Gasteiger partial charge on any atom is -0.483 e. The van der Waals surface area contributed by atoms with Gasteiger partial charge >= 0.3 is 0 Å². The monoisotopic (exact) mass is 358 g/mol. The summed E-state index contributed by atoms with van der Waals surface area (Å²) in [5, 5.41) is 0.941. The number of ether oxygens (including phenoxy) is 2. The number of rotatable bonds is 6. The number of halogens is 2. The molecule has 4 heteroatoms. The first kappa shape index (κ1) is 16.7. The van der Waals surface area contributed by atoms with Gasteiger partial charge in [0, 0.05) is 0 Å². The quantitative estimate of drug-likeness (QED) is 0.525. The topological polar surface area (TPSA) is 18.5 Å².